The van der Waals surface area contributed by atoms with E-state index in [2.05, 4.69) is 63.9 Å². The maximum atomic E-state index is 12.5. The Hall–Kier alpha value is -3.79. The summed E-state index contributed by atoms with van der Waals surface area (Å²) in [5.41, 5.74) is 4.32. The largest absolute Gasteiger partial charge is 0.399 e. The van der Waals surface area contributed by atoms with Crippen molar-refractivity contribution in [3.63, 3.8) is 0 Å². The lowest BCUT2D eigenvalue weighted by Crippen LogP contribution is -2.58. The molecule has 1 aromatic carbocycles. The first-order valence-electron chi connectivity index (χ1n) is 12.3. The van der Waals surface area contributed by atoms with Crippen LogP contribution in [-0.2, 0) is 11.9 Å². The van der Waals surface area contributed by atoms with Crippen molar-refractivity contribution < 1.29 is 4.84 Å². The van der Waals surface area contributed by atoms with Crippen molar-refractivity contribution in [1.82, 2.24) is 29.0 Å². The molecule has 10 nitrogen and oxygen atoms in total. The van der Waals surface area contributed by atoms with Gasteiger partial charge in [0.2, 0.25) is 0 Å². The summed E-state index contributed by atoms with van der Waals surface area (Å²) in [6.07, 6.45) is 6.06. The lowest BCUT2D eigenvalue weighted by atomic mass is 9.98. The van der Waals surface area contributed by atoms with Gasteiger partial charge in [-0.15, -0.1) is 0 Å². The Balaban J connectivity index is 1.52. The SMILES string of the molecule is CC[C@@H]1CN(c2c(C=NOC)nc3ccc(=O)n(C)n23)[C@@H](C)CN1C(C)c1ccc2nccnc2c1. The fourth-order valence-electron chi connectivity index (χ4n) is 5.28. The number of hydrogen-bond acceptors (Lipinski definition) is 8. The van der Waals surface area contributed by atoms with Crippen LogP contribution in [0.5, 0.6) is 0 Å². The van der Waals surface area contributed by atoms with E-state index in [0.29, 0.717) is 17.4 Å². The van der Waals surface area contributed by atoms with Crippen LogP contribution in [0.2, 0.25) is 0 Å². The summed E-state index contributed by atoms with van der Waals surface area (Å²) < 4.78 is 3.48. The summed E-state index contributed by atoms with van der Waals surface area (Å²) in [7, 11) is 3.27. The molecule has 3 aromatic heterocycles. The molecule has 4 aromatic rings. The van der Waals surface area contributed by atoms with Crippen molar-refractivity contribution in [2.24, 2.45) is 12.2 Å². The Kier molecular flexibility index (Phi) is 6.44. The number of fused-ring (bicyclic) bond motifs is 2. The summed E-state index contributed by atoms with van der Waals surface area (Å²) in [5.74, 6) is 0.852. The number of piperazine rings is 1. The molecular formula is C26H32N8O2. The molecule has 0 spiro atoms. The summed E-state index contributed by atoms with van der Waals surface area (Å²) in [4.78, 5) is 36.0. The molecule has 0 saturated carbocycles. The van der Waals surface area contributed by atoms with Gasteiger partial charge in [-0.25, -0.2) is 14.2 Å². The van der Waals surface area contributed by atoms with Crippen molar-refractivity contribution in [2.45, 2.75) is 45.3 Å². The maximum absolute atomic E-state index is 12.5. The minimum Gasteiger partial charge on any atom is -0.399 e. The monoisotopic (exact) mass is 488 g/mol. The zero-order valence-electron chi connectivity index (χ0n) is 21.4. The molecule has 0 N–H and O–H groups in total. The maximum Gasteiger partial charge on any atom is 0.265 e. The van der Waals surface area contributed by atoms with E-state index >= 15 is 0 Å². The molecule has 0 radical (unpaired) electrons. The number of imidazole rings is 1. The summed E-state index contributed by atoms with van der Waals surface area (Å²) in [5, 5.41) is 3.98. The minimum absolute atomic E-state index is 0.0947. The second-order valence-electron chi connectivity index (χ2n) is 9.34. The van der Waals surface area contributed by atoms with Gasteiger partial charge in [0.15, 0.2) is 11.5 Å². The zero-order chi connectivity index (χ0) is 25.4. The lowest BCUT2D eigenvalue weighted by Gasteiger charge is -2.48. The Bertz CT molecular complexity index is 1480. The number of oxime groups is 1. The van der Waals surface area contributed by atoms with Gasteiger partial charge in [0.05, 0.1) is 17.2 Å². The molecule has 1 saturated heterocycles. The summed E-state index contributed by atoms with van der Waals surface area (Å²) >= 11 is 0. The number of hydrogen-bond donors (Lipinski definition) is 0. The van der Waals surface area contributed by atoms with Crippen LogP contribution >= 0.6 is 0 Å². The number of aromatic nitrogens is 5. The molecule has 0 bridgehead atoms. The first kappa shape index (κ1) is 23.9. The third kappa shape index (κ3) is 4.11. The highest BCUT2D eigenvalue weighted by Gasteiger charge is 2.36. The molecule has 0 amide bonds. The van der Waals surface area contributed by atoms with Crippen LogP contribution in [0.4, 0.5) is 5.82 Å². The van der Waals surface area contributed by atoms with Crippen LogP contribution in [0.25, 0.3) is 16.7 Å². The van der Waals surface area contributed by atoms with E-state index in [4.69, 9.17) is 9.82 Å². The molecule has 10 heteroatoms. The van der Waals surface area contributed by atoms with Gasteiger partial charge in [0, 0.05) is 56.7 Å². The summed E-state index contributed by atoms with van der Waals surface area (Å²) in [6.45, 7) is 8.35. The standard InChI is InChI=1S/C26H32N8O2/c1-6-20-16-32(26-23(14-29-36-5)30-24-9-10-25(35)31(4)34(24)26)17(2)15-33(20)18(3)19-7-8-21-22(13-19)28-12-11-27-21/h7-14,17-18,20H,6,15-16H2,1-5H3/t17-,18?,20+/m0/s1. The van der Waals surface area contributed by atoms with Crippen LogP contribution in [0.3, 0.4) is 0 Å². The normalized spacial score (nSPS) is 20.0. The molecule has 5 rings (SSSR count). The van der Waals surface area contributed by atoms with Gasteiger partial charge in [0.1, 0.15) is 12.8 Å². The second kappa shape index (κ2) is 9.69. The predicted molar refractivity (Wildman–Crippen MR) is 141 cm³/mol. The molecule has 188 valence electrons. The average Bonchev–Trinajstić information content (AvgIpc) is 3.27. The van der Waals surface area contributed by atoms with Crippen LogP contribution in [0.15, 0.2) is 52.7 Å². The van der Waals surface area contributed by atoms with Crippen molar-refractivity contribution in [2.75, 3.05) is 25.1 Å². The van der Waals surface area contributed by atoms with Crippen molar-refractivity contribution in [3.8, 4) is 0 Å². The zero-order valence-corrected chi connectivity index (χ0v) is 21.4. The van der Waals surface area contributed by atoms with E-state index < -0.39 is 0 Å². The average molecular weight is 489 g/mol. The molecule has 1 fully saturated rings. The Labute approximate surface area is 209 Å². The molecule has 36 heavy (non-hydrogen) atoms. The van der Waals surface area contributed by atoms with Gasteiger partial charge >= 0.3 is 0 Å². The first-order valence-corrected chi connectivity index (χ1v) is 12.3. The third-order valence-electron chi connectivity index (χ3n) is 7.26. The first-order chi connectivity index (χ1) is 17.4. The van der Waals surface area contributed by atoms with E-state index in [0.717, 1.165) is 36.4 Å². The van der Waals surface area contributed by atoms with Crippen LogP contribution < -0.4 is 10.5 Å². The Morgan fingerprint density at radius 1 is 1.17 bits per heavy atom. The van der Waals surface area contributed by atoms with Crippen molar-refractivity contribution >= 4 is 28.7 Å². The topological polar surface area (TPSA) is 93.1 Å². The molecule has 3 atom stereocenters. The van der Waals surface area contributed by atoms with Gasteiger partial charge in [-0.05, 0) is 44.0 Å². The number of anilines is 1. The Morgan fingerprint density at radius 2 is 1.94 bits per heavy atom. The minimum atomic E-state index is -0.0947. The number of aryl methyl sites for hydroxylation is 1. The van der Waals surface area contributed by atoms with Gasteiger partial charge in [-0.2, -0.15) is 0 Å². The Morgan fingerprint density at radius 3 is 2.69 bits per heavy atom. The molecule has 1 unspecified atom stereocenters. The smallest absolute Gasteiger partial charge is 0.265 e. The van der Waals surface area contributed by atoms with Crippen molar-refractivity contribution in [1.29, 1.82) is 0 Å². The van der Waals surface area contributed by atoms with Crippen LogP contribution in [-0.4, -0.2) is 67.5 Å². The van der Waals surface area contributed by atoms with Crippen LogP contribution in [0.1, 0.15) is 44.5 Å². The molecular weight excluding hydrogens is 456 g/mol. The quantitative estimate of drug-likeness (QED) is 0.304. The van der Waals surface area contributed by atoms with E-state index in [-0.39, 0.29) is 17.6 Å². The van der Waals surface area contributed by atoms with E-state index in [1.165, 1.54) is 18.7 Å². The molecule has 4 heterocycles. The summed E-state index contributed by atoms with van der Waals surface area (Å²) in [6, 6.07) is 10.3. The molecule has 1 aliphatic heterocycles. The predicted octanol–water partition coefficient (Wildman–Crippen LogP) is 3.01. The fraction of sp³-hybridized carbons (Fsp3) is 0.423. The van der Waals surface area contributed by atoms with Gasteiger partial charge < -0.3 is 9.74 Å². The number of benzene rings is 1. The van der Waals surface area contributed by atoms with Gasteiger partial charge in [0.25, 0.3) is 5.56 Å². The second-order valence-corrected chi connectivity index (χ2v) is 9.34. The number of rotatable bonds is 6. The highest BCUT2D eigenvalue weighted by atomic mass is 16.6. The highest BCUT2D eigenvalue weighted by molar-refractivity contribution is 5.86. The van der Waals surface area contributed by atoms with E-state index in [1.54, 1.807) is 36.4 Å². The third-order valence-corrected chi connectivity index (χ3v) is 7.26. The lowest BCUT2D eigenvalue weighted by molar-refractivity contribution is 0.105. The van der Waals surface area contributed by atoms with E-state index in [9.17, 15) is 4.79 Å². The molecule has 0 aliphatic carbocycles. The van der Waals surface area contributed by atoms with Crippen molar-refractivity contribution in [3.05, 3.63) is 64.3 Å². The van der Waals surface area contributed by atoms with Gasteiger partial charge in [-0.3, -0.25) is 19.7 Å². The highest BCUT2D eigenvalue weighted by Crippen LogP contribution is 2.33. The number of nitrogens with zero attached hydrogens (tertiary/aromatic N) is 8. The molecule has 1 aliphatic rings. The van der Waals surface area contributed by atoms with Crippen LogP contribution in [0, 0.1) is 0 Å². The fourth-order valence-corrected chi connectivity index (χ4v) is 5.28. The van der Waals surface area contributed by atoms with Gasteiger partial charge in [-0.1, -0.05) is 18.1 Å². The van der Waals surface area contributed by atoms with E-state index in [1.807, 2.05) is 4.52 Å².